The van der Waals surface area contributed by atoms with Crippen LogP contribution in [0.5, 0.6) is 0 Å². The lowest BCUT2D eigenvalue weighted by Crippen LogP contribution is -2.44. The van der Waals surface area contributed by atoms with Crippen molar-refractivity contribution < 1.29 is 9.90 Å². The maximum absolute atomic E-state index is 12.3. The van der Waals surface area contributed by atoms with Crippen LogP contribution in [0.2, 0.25) is 0 Å². The summed E-state index contributed by atoms with van der Waals surface area (Å²) in [6, 6.07) is 7.92. The van der Waals surface area contributed by atoms with Crippen LogP contribution in [0, 0.1) is 12.3 Å². The Morgan fingerprint density at radius 3 is 2.46 bits per heavy atom. The van der Waals surface area contributed by atoms with Gasteiger partial charge < -0.3 is 10.4 Å². The van der Waals surface area contributed by atoms with E-state index in [0.29, 0.717) is 12.8 Å². The average Bonchev–Trinajstić information content (AvgIpc) is 2.93. The van der Waals surface area contributed by atoms with Gasteiger partial charge in [0.1, 0.15) is 0 Å². The lowest BCUT2D eigenvalue weighted by Gasteiger charge is -2.31. The van der Waals surface area contributed by atoms with Crippen molar-refractivity contribution in [1.29, 1.82) is 0 Å². The Kier molecular flexibility index (Phi) is 6.13. The second-order valence-corrected chi connectivity index (χ2v) is 8.19. The molecule has 0 radical (unpaired) electrons. The highest BCUT2D eigenvalue weighted by Gasteiger charge is 2.25. The van der Waals surface area contributed by atoms with Crippen LogP contribution in [0.25, 0.3) is 11.3 Å². The van der Waals surface area contributed by atoms with Crippen LogP contribution < -0.4 is 5.32 Å². The van der Waals surface area contributed by atoms with Crippen molar-refractivity contribution in [3.8, 4) is 11.3 Å². The molecule has 1 aromatic carbocycles. The second-order valence-electron chi connectivity index (χ2n) is 7.12. The normalized spacial score (nSPS) is 12.9. The Balaban J connectivity index is 1.99. The topological polar surface area (TPSA) is 62.2 Å². The number of aromatic nitrogens is 1. The number of aliphatic hydroxyl groups is 1. The van der Waals surface area contributed by atoms with E-state index in [1.165, 1.54) is 0 Å². The number of thiazole rings is 1. The van der Waals surface area contributed by atoms with Crippen LogP contribution in [-0.2, 0) is 11.2 Å². The maximum Gasteiger partial charge on any atom is 0.224 e. The van der Waals surface area contributed by atoms with Crippen LogP contribution in [0.3, 0.4) is 0 Å². The van der Waals surface area contributed by atoms with Gasteiger partial charge in [-0.1, -0.05) is 45.0 Å². The fourth-order valence-electron chi connectivity index (χ4n) is 2.57. The summed E-state index contributed by atoms with van der Waals surface area (Å²) in [5, 5.41) is 15.3. The Hall–Kier alpha value is -1.72. The molecule has 1 atom stereocenters. The molecule has 0 saturated carbocycles. The summed E-state index contributed by atoms with van der Waals surface area (Å²) in [6.07, 6.45) is 0.908. The number of nitrogens with zero attached hydrogens (tertiary/aromatic N) is 1. The van der Waals surface area contributed by atoms with Crippen LogP contribution in [0.15, 0.2) is 29.6 Å². The summed E-state index contributed by atoms with van der Waals surface area (Å²) in [7, 11) is 0. The quantitative estimate of drug-likeness (QED) is 0.840. The Morgan fingerprint density at radius 2 is 1.96 bits per heavy atom. The molecule has 0 aliphatic carbocycles. The van der Waals surface area contributed by atoms with Crippen molar-refractivity contribution >= 4 is 17.2 Å². The molecular weight excluding hydrogens is 320 g/mol. The van der Waals surface area contributed by atoms with E-state index >= 15 is 0 Å². The Morgan fingerprint density at radius 1 is 1.29 bits per heavy atom. The SMILES string of the molecule is Cc1nc(-c2ccc(CC(=O)NC(CCO)C(C)(C)C)cc2)cs1. The van der Waals surface area contributed by atoms with Gasteiger partial charge in [-0.3, -0.25) is 4.79 Å². The molecule has 2 aromatic rings. The highest BCUT2D eigenvalue weighted by Crippen LogP contribution is 2.23. The van der Waals surface area contributed by atoms with Crippen molar-refractivity contribution in [3.63, 3.8) is 0 Å². The number of nitrogens with one attached hydrogen (secondary N) is 1. The average molecular weight is 346 g/mol. The first-order chi connectivity index (χ1) is 11.3. The lowest BCUT2D eigenvalue weighted by molar-refractivity contribution is -0.122. The molecule has 1 unspecified atom stereocenters. The van der Waals surface area contributed by atoms with Gasteiger partial charge in [-0.05, 0) is 24.3 Å². The van der Waals surface area contributed by atoms with E-state index in [1.54, 1.807) is 11.3 Å². The number of carbonyl (C=O) groups excluding carboxylic acids is 1. The van der Waals surface area contributed by atoms with Crippen LogP contribution in [0.4, 0.5) is 0 Å². The molecule has 1 amide bonds. The predicted octanol–water partition coefficient (Wildman–Crippen LogP) is 3.57. The van der Waals surface area contributed by atoms with E-state index in [9.17, 15) is 9.90 Å². The molecule has 0 aliphatic heterocycles. The lowest BCUT2D eigenvalue weighted by atomic mass is 9.85. The molecular formula is C19H26N2O2S. The minimum absolute atomic E-state index is 0.0133. The number of benzene rings is 1. The molecule has 5 heteroatoms. The minimum atomic E-state index is -0.0786. The smallest absolute Gasteiger partial charge is 0.224 e. The zero-order valence-electron chi connectivity index (χ0n) is 14.8. The molecule has 130 valence electrons. The van der Waals surface area contributed by atoms with Gasteiger partial charge in [-0.2, -0.15) is 0 Å². The zero-order valence-corrected chi connectivity index (χ0v) is 15.6. The van der Waals surface area contributed by atoms with Crippen LogP contribution in [0.1, 0.15) is 37.8 Å². The number of rotatable bonds is 6. The van der Waals surface area contributed by atoms with Crippen molar-refractivity contribution in [3.05, 3.63) is 40.2 Å². The summed E-state index contributed by atoms with van der Waals surface area (Å²) in [5.74, 6) is -0.0133. The van der Waals surface area contributed by atoms with E-state index in [2.05, 4.69) is 31.1 Å². The number of hydrogen-bond acceptors (Lipinski definition) is 4. The molecule has 0 spiro atoms. The first-order valence-corrected chi connectivity index (χ1v) is 9.09. The third-order valence-electron chi connectivity index (χ3n) is 4.03. The summed E-state index contributed by atoms with van der Waals surface area (Å²) in [5.41, 5.74) is 2.94. The third-order valence-corrected chi connectivity index (χ3v) is 4.81. The predicted molar refractivity (Wildman–Crippen MR) is 99.1 cm³/mol. The van der Waals surface area contributed by atoms with Crippen molar-refractivity contribution in [1.82, 2.24) is 10.3 Å². The number of aryl methyl sites for hydroxylation is 1. The van der Waals surface area contributed by atoms with Crippen molar-refractivity contribution in [2.45, 2.75) is 46.6 Å². The van der Waals surface area contributed by atoms with Gasteiger partial charge in [0.05, 0.1) is 17.1 Å². The Labute approximate surface area is 148 Å². The van der Waals surface area contributed by atoms with E-state index < -0.39 is 0 Å². The molecule has 0 bridgehead atoms. The van der Waals surface area contributed by atoms with Crippen molar-refractivity contribution in [2.24, 2.45) is 5.41 Å². The molecule has 1 aromatic heterocycles. The summed E-state index contributed by atoms with van der Waals surface area (Å²) in [6.45, 7) is 8.27. The van der Waals surface area contributed by atoms with Gasteiger partial charge >= 0.3 is 0 Å². The summed E-state index contributed by atoms with van der Waals surface area (Å²) in [4.78, 5) is 16.8. The minimum Gasteiger partial charge on any atom is -0.396 e. The highest BCUT2D eigenvalue weighted by atomic mass is 32.1. The second kappa shape index (κ2) is 7.90. The standard InChI is InChI=1S/C19H26N2O2S/c1-13-20-16(12-24-13)15-7-5-14(6-8-15)11-18(23)21-17(9-10-22)19(2,3)4/h5-8,12,17,22H,9-11H2,1-4H3,(H,21,23). The fourth-order valence-corrected chi connectivity index (χ4v) is 3.19. The van der Waals surface area contributed by atoms with Crippen LogP contribution >= 0.6 is 11.3 Å². The summed E-state index contributed by atoms with van der Waals surface area (Å²) < 4.78 is 0. The van der Waals surface area contributed by atoms with E-state index in [4.69, 9.17) is 0 Å². The molecule has 2 rings (SSSR count). The molecule has 0 aliphatic rings. The van der Waals surface area contributed by atoms with Crippen LogP contribution in [-0.4, -0.2) is 28.6 Å². The van der Waals surface area contributed by atoms with Gasteiger partial charge in [0.2, 0.25) is 5.91 Å². The zero-order chi connectivity index (χ0) is 17.7. The van der Waals surface area contributed by atoms with E-state index in [-0.39, 0.29) is 24.0 Å². The van der Waals surface area contributed by atoms with E-state index in [1.807, 2.05) is 36.6 Å². The third kappa shape index (κ3) is 5.14. The number of amides is 1. The number of hydrogen-bond donors (Lipinski definition) is 2. The van der Waals surface area contributed by atoms with Crippen molar-refractivity contribution in [2.75, 3.05) is 6.61 Å². The van der Waals surface area contributed by atoms with Gasteiger partial charge in [-0.15, -0.1) is 11.3 Å². The van der Waals surface area contributed by atoms with Gasteiger partial charge in [-0.25, -0.2) is 4.98 Å². The number of carbonyl (C=O) groups is 1. The maximum atomic E-state index is 12.3. The molecule has 0 fully saturated rings. The number of aliphatic hydroxyl groups excluding tert-OH is 1. The highest BCUT2D eigenvalue weighted by molar-refractivity contribution is 7.09. The van der Waals surface area contributed by atoms with Gasteiger partial charge in [0.25, 0.3) is 0 Å². The first-order valence-electron chi connectivity index (χ1n) is 8.21. The molecule has 1 heterocycles. The summed E-state index contributed by atoms with van der Waals surface area (Å²) >= 11 is 1.63. The largest absolute Gasteiger partial charge is 0.396 e. The van der Waals surface area contributed by atoms with Gasteiger partial charge in [0, 0.05) is 23.6 Å². The molecule has 0 saturated heterocycles. The van der Waals surface area contributed by atoms with Gasteiger partial charge in [0.15, 0.2) is 0 Å². The monoisotopic (exact) mass is 346 g/mol. The Bertz CT molecular complexity index is 671. The molecule has 2 N–H and O–H groups in total. The fraction of sp³-hybridized carbons (Fsp3) is 0.474. The first kappa shape index (κ1) is 18.6. The molecule has 24 heavy (non-hydrogen) atoms. The van der Waals surface area contributed by atoms with E-state index in [0.717, 1.165) is 21.8 Å². The molecule has 4 nitrogen and oxygen atoms in total.